The maximum absolute atomic E-state index is 4.49. The zero-order valence-corrected chi connectivity index (χ0v) is 10.8. The Bertz CT molecular complexity index is 353. The minimum Gasteiger partial charge on any atom is -0.357 e. The van der Waals surface area contributed by atoms with Crippen LogP contribution >= 0.6 is 0 Å². The third-order valence-corrected chi connectivity index (χ3v) is 3.52. The number of rotatable bonds is 4. The molecule has 1 fully saturated rings. The van der Waals surface area contributed by atoms with Crippen LogP contribution in [0.3, 0.4) is 0 Å². The third kappa shape index (κ3) is 3.16. The molecule has 1 aliphatic rings. The van der Waals surface area contributed by atoms with Gasteiger partial charge in [0, 0.05) is 25.8 Å². The number of hydrogen-bond donors (Lipinski definition) is 1. The van der Waals surface area contributed by atoms with Gasteiger partial charge in [0.15, 0.2) is 0 Å². The van der Waals surface area contributed by atoms with Gasteiger partial charge in [-0.1, -0.05) is 13.3 Å². The van der Waals surface area contributed by atoms with E-state index in [0.29, 0.717) is 5.95 Å². The van der Waals surface area contributed by atoms with Gasteiger partial charge in [0.25, 0.3) is 0 Å². The summed E-state index contributed by atoms with van der Waals surface area (Å²) in [6.45, 7) is 4.44. The summed E-state index contributed by atoms with van der Waals surface area (Å²) in [4.78, 5) is 11.2. The van der Waals surface area contributed by atoms with E-state index < -0.39 is 0 Å². The van der Waals surface area contributed by atoms with Gasteiger partial charge in [-0.2, -0.15) is 0 Å². The summed E-state index contributed by atoms with van der Waals surface area (Å²) in [5.74, 6) is 0.715. The summed E-state index contributed by atoms with van der Waals surface area (Å²) < 4.78 is 0. The Labute approximate surface area is 103 Å². The second-order valence-electron chi connectivity index (χ2n) is 4.65. The number of piperidine rings is 1. The van der Waals surface area contributed by atoms with Crippen LogP contribution in [-0.4, -0.2) is 34.5 Å². The van der Waals surface area contributed by atoms with Crippen LogP contribution in [0.4, 0.5) is 5.95 Å². The number of nitrogens with zero attached hydrogens (tertiary/aromatic N) is 3. The fraction of sp³-hybridized carbons (Fsp3) is 0.692. The molecule has 0 aliphatic carbocycles. The molecule has 0 bridgehead atoms. The Morgan fingerprint density at radius 3 is 3.12 bits per heavy atom. The number of anilines is 1. The van der Waals surface area contributed by atoms with Crippen molar-refractivity contribution in [1.29, 1.82) is 0 Å². The molecule has 4 nitrogen and oxygen atoms in total. The number of hydrogen-bond acceptors (Lipinski definition) is 4. The van der Waals surface area contributed by atoms with Crippen LogP contribution in [-0.2, 0) is 6.54 Å². The zero-order chi connectivity index (χ0) is 12.1. The molecule has 0 saturated carbocycles. The Hall–Kier alpha value is -1.16. The summed E-state index contributed by atoms with van der Waals surface area (Å²) in [6.07, 6.45) is 7.10. The van der Waals surface area contributed by atoms with Gasteiger partial charge in [-0.15, -0.1) is 0 Å². The molecule has 2 rings (SSSR count). The van der Waals surface area contributed by atoms with Crippen molar-refractivity contribution in [2.45, 2.75) is 45.2 Å². The third-order valence-electron chi connectivity index (χ3n) is 3.52. The molecular weight excluding hydrogens is 212 g/mol. The van der Waals surface area contributed by atoms with Gasteiger partial charge in [-0.25, -0.2) is 9.97 Å². The summed E-state index contributed by atoms with van der Waals surface area (Å²) in [7, 11) is 1.86. The highest BCUT2D eigenvalue weighted by Crippen LogP contribution is 2.21. The normalized spacial score (nSPS) is 21.4. The maximum atomic E-state index is 4.49. The highest BCUT2D eigenvalue weighted by atomic mass is 15.2. The van der Waals surface area contributed by atoms with E-state index in [-0.39, 0.29) is 0 Å². The van der Waals surface area contributed by atoms with E-state index in [1.54, 1.807) is 0 Å². The summed E-state index contributed by atoms with van der Waals surface area (Å²) >= 11 is 0. The summed E-state index contributed by atoms with van der Waals surface area (Å²) in [6, 6.07) is 2.75. The maximum Gasteiger partial charge on any atom is 0.222 e. The molecule has 1 aromatic rings. The predicted octanol–water partition coefficient (Wildman–Crippen LogP) is 2.28. The highest BCUT2D eigenvalue weighted by Gasteiger charge is 2.21. The molecule has 4 heteroatoms. The smallest absolute Gasteiger partial charge is 0.222 e. The lowest BCUT2D eigenvalue weighted by molar-refractivity contribution is 0.134. The minimum absolute atomic E-state index is 0.715. The Kier molecular flexibility index (Phi) is 4.31. The Balaban J connectivity index is 2.02. The van der Waals surface area contributed by atoms with Gasteiger partial charge in [0.2, 0.25) is 5.95 Å². The molecule has 1 saturated heterocycles. The minimum atomic E-state index is 0.715. The Morgan fingerprint density at radius 2 is 2.35 bits per heavy atom. The fourth-order valence-corrected chi connectivity index (χ4v) is 2.54. The molecule has 0 aromatic carbocycles. The summed E-state index contributed by atoms with van der Waals surface area (Å²) in [5, 5.41) is 2.99. The van der Waals surface area contributed by atoms with Crippen molar-refractivity contribution in [2.75, 3.05) is 18.9 Å². The number of nitrogens with one attached hydrogen (secondary N) is 1. The van der Waals surface area contributed by atoms with Crippen molar-refractivity contribution in [2.24, 2.45) is 0 Å². The van der Waals surface area contributed by atoms with Crippen molar-refractivity contribution in [1.82, 2.24) is 14.9 Å². The number of likely N-dealkylation sites (tertiary alicyclic amines) is 1. The Morgan fingerprint density at radius 1 is 1.47 bits per heavy atom. The van der Waals surface area contributed by atoms with Gasteiger partial charge in [0.1, 0.15) is 0 Å². The lowest BCUT2D eigenvalue weighted by Gasteiger charge is -2.34. The van der Waals surface area contributed by atoms with Crippen molar-refractivity contribution in [3.05, 3.63) is 18.0 Å². The topological polar surface area (TPSA) is 41.1 Å². The monoisotopic (exact) mass is 234 g/mol. The molecule has 94 valence electrons. The molecular formula is C13H22N4. The van der Waals surface area contributed by atoms with E-state index in [1.807, 2.05) is 19.3 Å². The van der Waals surface area contributed by atoms with E-state index in [9.17, 15) is 0 Å². The molecule has 0 spiro atoms. The highest BCUT2D eigenvalue weighted by molar-refractivity contribution is 5.23. The van der Waals surface area contributed by atoms with E-state index >= 15 is 0 Å². The molecule has 17 heavy (non-hydrogen) atoms. The molecule has 1 N–H and O–H groups in total. The van der Waals surface area contributed by atoms with Gasteiger partial charge >= 0.3 is 0 Å². The van der Waals surface area contributed by atoms with Crippen LogP contribution in [0.2, 0.25) is 0 Å². The first-order chi connectivity index (χ1) is 8.33. The first-order valence-electron chi connectivity index (χ1n) is 6.57. The number of aromatic nitrogens is 2. The van der Waals surface area contributed by atoms with E-state index in [0.717, 1.165) is 18.3 Å². The second kappa shape index (κ2) is 5.96. The van der Waals surface area contributed by atoms with Gasteiger partial charge in [0.05, 0.1) is 5.69 Å². The van der Waals surface area contributed by atoms with Crippen LogP contribution in [0.5, 0.6) is 0 Å². The lowest BCUT2D eigenvalue weighted by Crippen LogP contribution is -2.38. The van der Waals surface area contributed by atoms with Crippen molar-refractivity contribution >= 4 is 5.95 Å². The fourth-order valence-electron chi connectivity index (χ4n) is 2.54. The average Bonchev–Trinajstić information content (AvgIpc) is 2.39. The van der Waals surface area contributed by atoms with E-state index in [4.69, 9.17) is 0 Å². The van der Waals surface area contributed by atoms with Gasteiger partial charge in [-0.3, -0.25) is 4.90 Å². The molecule has 0 radical (unpaired) electrons. The first kappa shape index (κ1) is 12.3. The van der Waals surface area contributed by atoms with Gasteiger partial charge < -0.3 is 5.32 Å². The molecule has 1 aliphatic heterocycles. The van der Waals surface area contributed by atoms with Crippen LogP contribution in [0.15, 0.2) is 12.3 Å². The second-order valence-corrected chi connectivity index (χ2v) is 4.65. The molecule has 2 heterocycles. The zero-order valence-electron chi connectivity index (χ0n) is 10.8. The van der Waals surface area contributed by atoms with Crippen molar-refractivity contribution < 1.29 is 0 Å². The molecule has 1 unspecified atom stereocenters. The van der Waals surface area contributed by atoms with E-state index in [2.05, 4.69) is 27.1 Å². The average molecular weight is 234 g/mol. The molecule has 0 amide bonds. The quantitative estimate of drug-likeness (QED) is 0.867. The largest absolute Gasteiger partial charge is 0.357 e. The summed E-state index contributed by atoms with van der Waals surface area (Å²) in [5.41, 5.74) is 1.12. The van der Waals surface area contributed by atoms with Crippen molar-refractivity contribution in [3.8, 4) is 0 Å². The SMILES string of the molecule is CCC1CCCCN1Cc1ccnc(NC)n1. The van der Waals surface area contributed by atoms with Crippen LogP contribution in [0.25, 0.3) is 0 Å². The van der Waals surface area contributed by atoms with Crippen LogP contribution < -0.4 is 5.32 Å². The molecule has 1 atom stereocenters. The standard InChI is InChI=1S/C13H22N4/c1-3-12-6-4-5-9-17(12)10-11-7-8-15-13(14-2)16-11/h7-8,12H,3-6,9-10H2,1-2H3,(H,14,15,16). The lowest BCUT2D eigenvalue weighted by atomic mass is 10.00. The van der Waals surface area contributed by atoms with Crippen LogP contribution in [0.1, 0.15) is 38.3 Å². The van der Waals surface area contributed by atoms with Crippen molar-refractivity contribution in [3.63, 3.8) is 0 Å². The van der Waals surface area contributed by atoms with E-state index in [1.165, 1.54) is 32.2 Å². The predicted molar refractivity (Wildman–Crippen MR) is 69.9 cm³/mol. The molecule has 1 aromatic heterocycles. The van der Waals surface area contributed by atoms with Gasteiger partial charge in [-0.05, 0) is 31.9 Å². The first-order valence-corrected chi connectivity index (χ1v) is 6.57. The van der Waals surface area contributed by atoms with Crippen LogP contribution in [0, 0.1) is 0 Å².